The summed E-state index contributed by atoms with van der Waals surface area (Å²) in [5, 5.41) is 7.65. The Morgan fingerprint density at radius 1 is 1.07 bits per heavy atom. The molecule has 28 heavy (non-hydrogen) atoms. The van der Waals surface area contributed by atoms with Gasteiger partial charge in [0.15, 0.2) is 0 Å². The Balaban J connectivity index is 1.75. The predicted molar refractivity (Wildman–Crippen MR) is 106 cm³/mol. The molecule has 1 saturated heterocycles. The molecule has 0 aromatic heterocycles. The lowest BCUT2D eigenvalue weighted by Gasteiger charge is -2.21. The van der Waals surface area contributed by atoms with Gasteiger partial charge in [-0.2, -0.15) is 5.10 Å². The summed E-state index contributed by atoms with van der Waals surface area (Å²) in [6.07, 6.45) is 2.41. The molecular formula is C21H23N3O4. The minimum absolute atomic E-state index is 0.443. The van der Waals surface area contributed by atoms with Gasteiger partial charge in [-0.05, 0) is 60.9 Å². The Kier molecular flexibility index (Phi) is 5.63. The first-order valence-electron chi connectivity index (χ1n) is 9.06. The van der Waals surface area contributed by atoms with E-state index in [2.05, 4.69) is 10.4 Å². The molecular weight excluding hydrogens is 358 g/mol. The molecule has 2 aromatic rings. The molecule has 0 radical (unpaired) electrons. The highest BCUT2D eigenvalue weighted by Crippen LogP contribution is 2.30. The number of hydrogen-bond acceptors (Lipinski definition) is 5. The Bertz CT molecular complexity index is 878. The van der Waals surface area contributed by atoms with E-state index < -0.39 is 17.5 Å². The standard InChI is InChI=1S/C21H23N3O4/c1-4-13-28-18-9-5-15(6-10-18)14-22-24-19(25)21(2,23-20(24)26)16-7-11-17(27-3)12-8-16/h5-12,14H,4,13H2,1-3H3,(H,23,26)/b22-14-/t21-/m1/s1. The zero-order valence-corrected chi connectivity index (χ0v) is 16.1. The van der Waals surface area contributed by atoms with Crippen LogP contribution in [-0.2, 0) is 10.3 Å². The first kappa shape index (κ1) is 19.4. The maximum atomic E-state index is 12.9. The van der Waals surface area contributed by atoms with Crippen LogP contribution in [0.4, 0.5) is 4.79 Å². The lowest BCUT2D eigenvalue weighted by atomic mass is 9.92. The van der Waals surface area contributed by atoms with E-state index in [1.165, 1.54) is 6.21 Å². The Morgan fingerprint density at radius 2 is 1.71 bits per heavy atom. The molecule has 7 nitrogen and oxygen atoms in total. The van der Waals surface area contributed by atoms with E-state index in [0.717, 1.165) is 22.7 Å². The number of carbonyl (C=O) groups excluding carboxylic acids is 2. The molecule has 1 aliphatic heterocycles. The smallest absolute Gasteiger partial charge is 0.346 e. The second-order valence-electron chi connectivity index (χ2n) is 6.56. The molecule has 0 unspecified atom stereocenters. The predicted octanol–water partition coefficient (Wildman–Crippen LogP) is 3.29. The molecule has 3 amide bonds. The normalized spacial score (nSPS) is 19.2. The largest absolute Gasteiger partial charge is 0.497 e. The molecule has 1 atom stereocenters. The van der Waals surface area contributed by atoms with Gasteiger partial charge in [0.25, 0.3) is 5.91 Å². The van der Waals surface area contributed by atoms with Gasteiger partial charge in [-0.15, -0.1) is 5.01 Å². The number of rotatable bonds is 7. The van der Waals surface area contributed by atoms with Crippen molar-refractivity contribution in [3.63, 3.8) is 0 Å². The van der Waals surface area contributed by atoms with Crippen LogP contribution in [0.15, 0.2) is 53.6 Å². The summed E-state index contributed by atoms with van der Waals surface area (Å²) in [6.45, 7) is 4.35. The van der Waals surface area contributed by atoms with Gasteiger partial charge in [0.1, 0.15) is 17.0 Å². The van der Waals surface area contributed by atoms with Crippen molar-refractivity contribution in [2.75, 3.05) is 13.7 Å². The van der Waals surface area contributed by atoms with Gasteiger partial charge in [0.2, 0.25) is 0 Å². The van der Waals surface area contributed by atoms with Crippen molar-refractivity contribution in [3.8, 4) is 11.5 Å². The van der Waals surface area contributed by atoms with E-state index in [9.17, 15) is 9.59 Å². The van der Waals surface area contributed by atoms with Crippen molar-refractivity contribution < 1.29 is 19.1 Å². The van der Waals surface area contributed by atoms with Crippen LogP contribution in [-0.4, -0.2) is 36.9 Å². The van der Waals surface area contributed by atoms with Gasteiger partial charge in [-0.1, -0.05) is 19.1 Å². The van der Waals surface area contributed by atoms with Crippen LogP contribution in [0.3, 0.4) is 0 Å². The van der Waals surface area contributed by atoms with Gasteiger partial charge < -0.3 is 14.8 Å². The van der Waals surface area contributed by atoms with Crippen LogP contribution < -0.4 is 14.8 Å². The number of carbonyl (C=O) groups is 2. The van der Waals surface area contributed by atoms with Gasteiger partial charge in [-0.3, -0.25) is 4.79 Å². The number of urea groups is 1. The van der Waals surface area contributed by atoms with Crippen molar-refractivity contribution in [2.24, 2.45) is 5.10 Å². The number of imide groups is 1. The van der Waals surface area contributed by atoms with E-state index in [1.807, 2.05) is 31.2 Å². The summed E-state index contributed by atoms with van der Waals surface area (Å²) < 4.78 is 10.7. The van der Waals surface area contributed by atoms with Crippen molar-refractivity contribution >= 4 is 18.2 Å². The van der Waals surface area contributed by atoms with Crippen molar-refractivity contribution in [1.29, 1.82) is 0 Å². The lowest BCUT2D eigenvalue weighted by Crippen LogP contribution is -2.40. The molecule has 0 spiro atoms. The van der Waals surface area contributed by atoms with Crippen LogP contribution in [0.25, 0.3) is 0 Å². The molecule has 2 aromatic carbocycles. The summed E-state index contributed by atoms with van der Waals surface area (Å²) in [5.41, 5.74) is 0.225. The number of nitrogens with one attached hydrogen (secondary N) is 1. The molecule has 1 heterocycles. The zero-order chi connectivity index (χ0) is 20.1. The van der Waals surface area contributed by atoms with E-state index in [0.29, 0.717) is 17.9 Å². The maximum absolute atomic E-state index is 12.9. The molecule has 0 bridgehead atoms. The molecule has 0 aliphatic carbocycles. The van der Waals surface area contributed by atoms with Gasteiger partial charge in [0.05, 0.1) is 19.9 Å². The van der Waals surface area contributed by atoms with Crippen LogP contribution in [0.2, 0.25) is 0 Å². The number of hydrazone groups is 1. The topological polar surface area (TPSA) is 80.2 Å². The second kappa shape index (κ2) is 8.12. The number of hydrogen-bond donors (Lipinski definition) is 1. The third-order valence-corrected chi connectivity index (χ3v) is 4.51. The summed E-state index contributed by atoms with van der Waals surface area (Å²) in [6, 6.07) is 13.7. The lowest BCUT2D eigenvalue weighted by molar-refractivity contribution is -0.131. The molecule has 146 valence electrons. The van der Waals surface area contributed by atoms with Crippen molar-refractivity contribution in [3.05, 3.63) is 59.7 Å². The molecule has 1 N–H and O–H groups in total. The number of ether oxygens (including phenoxy) is 2. The minimum atomic E-state index is -1.18. The van der Waals surface area contributed by atoms with Crippen molar-refractivity contribution in [1.82, 2.24) is 10.3 Å². The fourth-order valence-electron chi connectivity index (χ4n) is 2.84. The highest BCUT2D eigenvalue weighted by Gasteiger charge is 2.49. The SMILES string of the molecule is CCCOc1ccc(/C=N\N2C(=O)N[C@](C)(c3ccc(OC)cc3)C2=O)cc1. The summed E-state index contributed by atoms with van der Waals surface area (Å²) in [4.78, 5) is 25.2. The third-order valence-electron chi connectivity index (χ3n) is 4.51. The molecule has 1 aliphatic rings. The van der Waals surface area contributed by atoms with E-state index in [4.69, 9.17) is 9.47 Å². The number of nitrogens with zero attached hydrogens (tertiary/aromatic N) is 2. The van der Waals surface area contributed by atoms with Crippen LogP contribution in [0, 0.1) is 0 Å². The van der Waals surface area contributed by atoms with Gasteiger partial charge in [0, 0.05) is 0 Å². The highest BCUT2D eigenvalue weighted by atomic mass is 16.5. The van der Waals surface area contributed by atoms with Crippen LogP contribution in [0.1, 0.15) is 31.4 Å². The minimum Gasteiger partial charge on any atom is -0.497 e. The first-order chi connectivity index (χ1) is 13.5. The van der Waals surface area contributed by atoms with Gasteiger partial charge >= 0.3 is 6.03 Å². The van der Waals surface area contributed by atoms with E-state index >= 15 is 0 Å². The molecule has 1 fully saturated rings. The molecule has 7 heteroatoms. The summed E-state index contributed by atoms with van der Waals surface area (Å²) in [7, 11) is 1.57. The third kappa shape index (κ3) is 3.83. The van der Waals surface area contributed by atoms with Crippen LogP contribution >= 0.6 is 0 Å². The number of methoxy groups -OCH3 is 1. The Hall–Kier alpha value is -3.35. The van der Waals surface area contributed by atoms with E-state index in [1.54, 1.807) is 38.3 Å². The Labute approximate surface area is 163 Å². The molecule has 3 rings (SSSR count). The average molecular weight is 381 g/mol. The number of amides is 3. The fourth-order valence-corrected chi connectivity index (χ4v) is 2.84. The maximum Gasteiger partial charge on any atom is 0.346 e. The van der Waals surface area contributed by atoms with Crippen LogP contribution in [0.5, 0.6) is 11.5 Å². The quantitative estimate of drug-likeness (QED) is 0.590. The monoisotopic (exact) mass is 381 g/mol. The second-order valence-corrected chi connectivity index (χ2v) is 6.56. The Morgan fingerprint density at radius 3 is 2.32 bits per heavy atom. The fraction of sp³-hybridized carbons (Fsp3) is 0.286. The van der Waals surface area contributed by atoms with Crippen molar-refractivity contribution in [2.45, 2.75) is 25.8 Å². The summed E-state index contributed by atoms with van der Waals surface area (Å²) >= 11 is 0. The number of benzene rings is 2. The van der Waals surface area contributed by atoms with E-state index in [-0.39, 0.29) is 0 Å². The zero-order valence-electron chi connectivity index (χ0n) is 16.1. The highest BCUT2D eigenvalue weighted by molar-refractivity contribution is 6.07. The first-order valence-corrected chi connectivity index (χ1v) is 9.06. The van der Waals surface area contributed by atoms with Gasteiger partial charge in [-0.25, -0.2) is 4.79 Å². The average Bonchev–Trinajstić information content (AvgIpc) is 2.94. The summed E-state index contributed by atoms with van der Waals surface area (Å²) in [5.74, 6) is 0.994. The molecule has 0 saturated carbocycles.